The average Bonchev–Trinajstić information content (AvgIpc) is 3.08. The summed E-state index contributed by atoms with van der Waals surface area (Å²) in [6.07, 6.45) is 2.54. The van der Waals surface area contributed by atoms with Gasteiger partial charge in [0.05, 0.1) is 11.2 Å². The molecule has 0 aliphatic carbocycles. The number of aryl methyl sites for hydroxylation is 2. The molecule has 1 aliphatic rings. The number of benzene rings is 2. The van der Waals surface area contributed by atoms with E-state index in [1.54, 1.807) is 0 Å². The van der Waals surface area contributed by atoms with Gasteiger partial charge in [0.2, 0.25) is 0 Å². The van der Waals surface area contributed by atoms with Crippen molar-refractivity contribution >= 4 is 27.8 Å². The summed E-state index contributed by atoms with van der Waals surface area (Å²) in [5.41, 5.74) is 4.12. The summed E-state index contributed by atoms with van der Waals surface area (Å²) in [7, 11) is 0. The van der Waals surface area contributed by atoms with Gasteiger partial charge in [0.15, 0.2) is 0 Å². The van der Waals surface area contributed by atoms with Gasteiger partial charge in [-0.2, -0.15) is 0 Å². The largest absolute Gasteiger partial charge is 0.444 e. The van der Waals surface area contributed by atoms with Crippen LogP contribution in [0.15, 0.2) is 36.4 Å². The molecule has 2 heterocycles. The molecule has 4 nitrogen and oxygen atoms in total. The molecule has 4 rings (SSSR count). The van der Waals surface area contributed by atoms with Gasteiger partial charge in [0.25, 0.3) is 0 Å². The first-order valence-corrected chi connectivity index (χ1v) is 10.5. The molecule has 1 aliphatic heterocycles. The number of likely N-dealkylation sites (tertiary alicyclic amines) is 1. The lowest BCUT2D eigenvalue weighted by Gasteiger charge is -2.29. The Kier molecular flexibility index (Phi) is 4.97. The molecule has 1 saturated heterocycles. The molecular formula is C25H30N2O2. The molecule has 1 fully saturated rings. The second-order valence-corrected chi connectivity index (χ2v) is 9.25. The first-order valence-electron chi connectivity index (χ1n) is 10.5. The van der Waals surface area contributed by atoms with Gasteiger partial charge in [-0.15, -0.1) is 0 Å². The number of amides is 1. The number of fused-ring (bicyclic) bond motifs is 3. The fourth-order valence-corrected chi connectivity index (χ4v) is 4.54. The predicted molar refractivity (Wildman–Crippen MR) is 118 cm³/mol. The fourth-order valence-electron chi connectivity index (χ4n) is 4.54. The van der Waals surface area contributed by atoms with Gasteiger partial charge in [-0.25, -0.2) is 4.79 Å². The molecule has 0 N–H and O–H groups in total. The van der Waals surface area contributed by atoms with Crippen LogP contribution in [0.4, 0.5) is 4.79 Å². The molecule has 0 radical (unpaired) electrons. The third kappa shape index (κ3) is 3.93. The van der Waals surface area contributed by atoms with Crippen LogP contribution in [0.1, 0.15) is 50.4 Å². The van der Waals surface area contributed by atoms with Crippen LogP contribution < -0.4 is 0 Å². The molecule has 4 heteroatoms. The second-order valence-electron chi connectivity index (χ2n) is 9.25. The summed E-state index contributed by atoms with van der Waals surface area (Å²) in [5, 5.41) is 3.67. The number of rotatable bonds is 2. The Morgan fingerprint density at radius 3 is 2.69 bits per heavy atom. The van der Waals surface area contributed by atoms with E-state index in [4.69, 9.17) is 9.72 Å². The van der Waals surface area contributed by atoms with Crippen LogP contribution in [-0.4, -0.2) is 34.2 Å². The van der Waals surface area contributed by atoms with E-state index >= 15 is 0 Å². The monoisotopic (exact) mass is 390 g/mol. The molecule has 0 bridgehead atoms. The van der Waals surface area contributed by atoms with Gasteiger partial charge in [0, 0.05) is 29.8 Å². The number of ether oxygens (including phenoxy) is 1. The van der Waals surface area contributed by atoms with Gasteiger partial charge >= 0.3 is 6.09 Å². The summed E-state index contributed by atoms with van der Waals surface area (Å²) in [6.45, 7) is 10.8. The zero-order chi connectivity index (χ0) is 20.8. The van der Waals surface area contributed by atoms with Crippen molar-refractivity contribution in [2.24, 2.45) is 0 Å². The van der Waals surface area contributed by atoms with E-state index in [9.17, 15) is 4.79 Å². The van der Waals surface area contributed by atoms with Crippen molar-refractivity contribution in [3.63, 3.8) is 0 Å². The highest BCUT2D eigenvalue weighted by atomic mass is 16.6. The standard InChI is InChI=1S/C25H30N2O2/c1-16-13-17(2)23-20(14-16)19-10-6-7-11-21(19)26-22(23)15-18-9-8-12-27(18)24(28)29-25(3,4)5/h6-7,10-11,13-14,18H,8-9,12,15H2,1-5H3. The van der Waals surface area contributed by atoms with E-state index in [1.165, 1.54) is 27.3 Å². The van der Waals surface area contributed by atoms with Gasteiger partial charge in [-0.3, -0.25) is 4.98 Å². The summed E-state index contributed by atoms with van der Waals surface area (Å²) in [4.78, 5) is 19.7. The maximum atomic E-state index is 12.7. The van der Waals surface area contributed by atoms with Crippen LogP contribution in [0.5, 0.6) is 0 Å². The number of pyridine rings is 1. The minimum atomic E-state index is -0.480. The van der Waals surface area contributed by atoms with E-state index in [-0.39, 0.29) is 12.1 Å². The summed E-state index contributed by atoms with van der Waals surface area (Å²) >= 11 is 0. The lowest BCUT2D eigenvalue weighted by Crippen LogP contribution is -2.40. The van der Waals surface area contributed by atoms with E-state index in [0.29, 0.717) is 0 Å². The normalized spacial score (nSPS) is 17.3. The van der Waals surface area contributed by atoms with Crippen LogP contribution in [0.3, 0.4) is 0 Å². The number of nitrogens with zero attached hydrogens (tertiary/aromatic N) is 2. The molecule has 1 aromatic heterocycles. The lowest BCUT2D eigenvalue weighted by atomic mass is 9.95. The molecule has 3 aromatic rings. The first-order chi connectivity index (χ1) is 13.7. The van der Waals surface area contributed by atoms with Crippen molar-refractivity contribution in [1.82, 2.24) is 9.88 Å². The molecular weight excluding hydrogens is 360 g/mol. The quantitative estimate of drug-likeness (QED) is 0.508. The first kappa shape index (κ1) is 19.7. The van der Waals surface area contributed by atoms with E-state index in [1.807, 2.05) is 31.7 Å². The lowest BCUT2D eigenvalue weighted by molar-refractivity contribution is 0.0226. The molecule has 152 valence electrons. The molecule has 29 heavy (non-hydrogen) atoms. The number of carbonyl (C=O) groups is 1. The van der Waals surface area contributed by atoms with Gasteiger partial charge < -0.3 is 9.64 Å². The third-order valence-electron chi connectivity index (χ3n) is 5.65. The SMILES string of the molecule is Cc1cc(C)c2c(CC3CCCN3C(=O)OC(C)(C)C)nc3ccccc3c2c1. The second kappa shape index (κ2) is 7.33. The van der Waals surface area contributed by atoms with Crippen LogP contribution >= 0.6 is 0 Å². The third-order valence-corrected chi connectivity index (χ3v) is 5.65. The minimum absolute atomic E-state index is 0.127. The number of carbonyl (C=O) groups excluding carboxylic acids is 1. The smallest absolute Gasteiger partial charge is 0.410 e. The van der Waals surface area contributed by atoms with Crippen molar-refractivity contribution < 1.29 is 9.53 Å². The summed E-state index contributed by atoms with van der Waals surface area (Å²) in [6, 6.07) is 12.9. The van der Waals surface area contributed by atoms with Crippen LogP contribution in [0.25, 0.3) is 21.7 Å². The molecule has 1 atom stereocenters. The summed E-state index contributed by atoms with van der Waals surface area (Å²) < 4.78 is 5.65. The van der Waals surface area contributed by atoms with Gasteiger partial charge in [-0.05, 0) is 64.5 Å². The molecule has 1 unspecified atom stereocenters. The van der Waals surface area contributed by atoms with Crippen LogP contribution in [-0.2, 0) is 11.2 Å². The Morgan fingerprint density at radius 1 is 1.17 bits per heavy atom. The molecule has 2 aromatic carbocycles. The molecule has 0 saturated carbocycles. The maximum Gasteiger partial charge on any atom is 0.410 e. The average molecular weight is 391 g/mol. The zero-order valence-corrected chi connectivity index (χ0v) is 18.1. The Bertz CT molecular complexity index is 1080. The highest BCUT2D eigenvalue weighted by Crippen LogP contribution is 2.32. The number of aromatic nitrogens is 1. The van der Waals surface area contributed by atoms with Crippen molar-refractivity contribution in [2.75, 3.05) is 6.54 Å². The highest BCUT2D eigenvalue weighted by Gasteiger charge is 2.33. The molecule has 1 amide bonds. The Balaban J connectivity index is 1.76. The number of hydrogen-bond acceptors (Lipinski definition) is 3. The van der Waals surface area contributed by atoms with Crippen molar-refractivity contribution in [1.29, 1.82) is 0 Å². The van der Waals surface area contributed by atoms with Crippen molar-refractivity contribution in [3.05, 3.63) is 53.2 Å². The Hall–Kier alpha value is -2.62. The van der Waals surface area contributed by atoms with Crippen LogP contribution in [0, 0.1) is 13.8 Å². The summed E-state index contributed by atoms with van der Waals surface area (Å²) in [5.74, 6) is 0. The van der Waals surface area contributed by atoms with E-state index in [0.717, 1.165) is 37.0 Å². The van der Waals surface area contributed by atoms with Crippen LogP contribution in [0.2, 0.25) is 0 Å². The van der Waals surface area contributed by atoms with E-state index in [2.05, 4.69) is 44.2 Å². The topological polar surface area (TPSA) is 42.4 Å². The predicted octanol–water partition coefficient (Wildman–Crippen LogP) is 5.95. The maximum absolute atomic E-state index is 12.7. The zero-order valence-electron chi connectivity index (χ0n) is 18.1. The Morgan fingerprint density at radius 2 is 1.93 bits per heavy atom. The highest BCUT2D eigenvalue weighted by molar-refractivity contribution is 6.08. The fraction of sp³-hybridized carbons (Fsp3) is 0.440. The minimum Gasteiger partial charge on any atom is -0.444 e. The van der Waals surface area contributed by atoms with Gasteiger partial charge in [-0.1, -0.05) is 35.9 Å². The molecule has 0 spiro atoms. The Labute approximate surface area is 172 Å². The van der Waals surface area contributed by atoms with Gasteiger partial charge in [0.1, 0.15) is 5.60 Å². The number of para-hydroxylation sites is 1. The number of hydrogen-bond donors (Lipinski definition) is 0. The van der Waals surface area contributed by atoms with Crippen molar-refractivity contribution in [3.8, 4) is 0 Å². The van der Waals surface area contributed by atoms with E-state index < -0.39 is 5.60 Å². The van der Waals surface area contributed by atoms with Crippen molar-refractivity contribution in [2.45, 2.75) is 65.5 Å².